The molecule has 3 aromatic carbocycles. The minimum atomic E-state index is 0.322. The first-order valence-electron chi connectivity index (χ1n) is 9.84. The Balaban J connectivity index is 0.000000204. The van der Waals surface area contributed by atoms with Gasteiger partial charge in [-0.3, -0.25) is 0 Å². The molecule has 30 heavy (non-hydrogen) atoms. The summed E-state index contributed by atoms with van der Waals surface area (Å²) >= 11 is 0. The van der Waals surface area contributed by atoms with Crippen molar-refractivity contribution in [2.45, 2.75) is 25.3 Å². The molecule has 0 atom stereocenters. The monoisotopic (exact) mass is 422 g/mol. The van der Waals surface area contributed by atoms with E-state index in [-0.39, 0.29) is 0 Å². The SMILES string of the molecule is C1CC[Si]OC1.C=CCc1ccccc1O.Oc1ccccc1.Oc1ccccc1. The van der Waals surface area contributed by atoms with Gasteiger partial charge in [0.15, 0.2) is 0 Å². The number of allylic oxidation sites excluding steroid dienone is 1. The minimum Gasteiger partial charge on any atom is -0.508 e. The van der Waals surface area contributed by atoms with E-state index in [1.54, 1.807) is 60.7 Å². The Bertz CT molecular complexity index is 742. The Hall–Kier alpha value is -3.02. The zero-order valence-corrected chi connectivity index (χ0v) is 18.2. The normalized spacial score (nSPS) is 11.9. The summed E-state index contributed by atoms with van der Waals surface area (Å²) in [6.07, 6.45) is 5.17. The van der Waals surface area contributed by atoms with Gasteiger partial charge >= 0.3 is 0 Å². The maximum Gasteiger partial charge on any atom is 0.229 e. The second kappa shape index (κ2) is 16.9. The highest BCUT2D eigenvalue weighted by Gasteiger charge is 1.97. The van der Waals surface area contributed by atoms with E-state index in [0.717, 1.165) is 28.4 Å². The predicted octanol–water partition coefficient (Wildman–Crippen LogP) is 5.74. The predicted molar refractivity (Wildman–Crippen MR) is 124 cm³/mol. The summed E-state index contributed by atoms with van der Waals surface area (Å²) in [5.74, 6) is 0.993. The first kappa shape index (κ1) is 25.0. The lowest BCUT2D eigenvalue weighted by Crippen LogP contribution is -2.06. The highest BCUT2D eigenvalue weighted by molar-refractivity contribution is 6.27. The van der Waals surface area contributed by atoms with Crippen molar-refractivity contribution in [1.29, 1.82) is 0 Å². The summed E-state index contributed by atoms with van der Waals surface area (Å²) in [7, 11) is 0.802. The van der Waals surface area contributed by atoms with Crippen LogP contribution < -0.4 is 0 Å². The minimum absolute atomic E-state index is 0.322. The van der Waals surface area contributed by atoms with Crippen LogP contribution in [0.15, 0.2) is 97.6 Å². The number of phenolic OH excluding ortho intramolecular Hbond substituents is 3. The lowest BCUT2D eigenvalue weighted by Gasteiger charge is -2.06. The van der Waals surface area contributed by atoms with Crippen molar-refractivity contribution in [3.8, 4) is 17.2 Å². The van der Waals surface area contributed by atoms with E-state index in [2.05, 4.69) is 6.58 Å². The van der Waals surface area contributed by atoms with Crippen LogP contribution in [0.1, 0.15) is 18.4 Å². The Morgan fingerprint density at radius 1 is 0.767 bits per heavy atom. The molecule has 1 fully saturated rings. The highest BCUT2D eigenvalue weighted by atomic mass is 28.2. The van der Waals surface area contributed by atoms with E-state index >= 15 is 0 Å². The van der Waals surface area contributed by atoms with E-state index in [1.165, 1.54) is 18.9 Å². The highest BCUT2D eigenvalue weighted by Crippen LogP contribution is 2.15. The third kappa shape index (κ3) is 13.2. The average molecular weight is 423 g/mol. The molecule has 5 heteroatoms. The standard InChI is InChI=1S/C9H10O.2C6H6O.C4H8OSi/c1-2-5-8-6-3-4-7-9(8)10;2*7-6-4-2-1-3-5-6;1-2-4-6-5-3-1/h2-4,6-7,10H,1,5H2;2*1-5,7H;1-4H2. The van der Waals surface area contributed by atoms with Crippen molar-refractivity contribution in [2.24, 2.45) is 0 Å². The lowest BCUT2D eigenvalue weighted by molar-refractivity contribution is 0.304. The second-order valence-corrected chi connectivity index (χ2v) is 7.32. The molecule has 2 radical (unpaired) electrons. The van der Waals surface area contributed by atoms with Crippen molar-refractivity contribution in [2.75, 3.05) is 6.61 Å². The van der Waals surface area contributed by atoms with Gasteiger partial charge in [-0.2, -0.15) is 0 Å². The maximum absolute atomic E-state index is 9.19. The van der Waals surface area contributed by atoms with Crippen LogP contribution in [0.3, 0.4) is 0 Å². The van der Waals surface area contributed by atoms with E-state index in [9.17, 15) is 5.11 Å². The number of rotatable bonds is 2. The Labute approximate surface area is 182 Å². The summed E-state index contributed by atoms with van der Waals surface area (Å²) in [6, 6.07) is 26.0. The van der Waals surface area contributed by atoms with Gasteiger partial charge in [-0.15, -0.1) is 6.58 Å². The molecule has 3 N–H and O–H groups in total. The second-order valence-electron chi connectivity index (χ2n) is 6.24. The van der Waals surface area contributed by atoms with Gasteiger partial charge in [-0.05, 0) is 54.8 Å². The lowest BCUT2D eigenvalue weighted by atomic mass is 10.1. The van der Waals surface area contributed by atoms with Gasteiger partial charge in [0.25, 0.3) is 0 Å². The van der Waals surface area contributed by atoms with Gasteiger partial charge in [-0.25, -0.2) is 0 Å². The molecule has 1 saturated heterocycles. The topological polar surface area (TPSA) is 69.9 Å². The van der Waals surface area contributed by atoms with E-state index in [0.29, 0.717) is 17.2 Å². The fraction of sp³-hybridized carbons (Fsp3) is 0.200. The van der Waals surface area contributed by atoms with Crippen LogP contribution in [-0.2, 0) is 10.8 Å². The third-order valence-electron chi connectivity index (χ3n) is 3.75. The zero-order valence-electron chi connectivity index (χ0n) is 17.2. The zero-order chi connectivity index (χ0) is 21.9. The van der Waals surface area contributed by atoms with Crippen molar-refractivity contribution in [3.05, 3.63) is 103 Å². The molecule has 1 heterocycles. The van der Waals surface area contributed by atoms with Gasteiger partial charge in [0, 0.05) is 6.61 Å². The van der Waals surface area contributed by atoms with Crippen molar-refractivity contribution >= 4 is 9.76 Å². The molecule has 1 aliphatic heterocycles. The molecule has 0 aromatic heterocycles. The van der Waals surface area contributed by atoms with Crippen LogP contribution in [0.5, 0.6) is 17.2 Å². The van der Waals surface area contributed by atoms with Crippen LogP contribution in [0, 0.1) is 0 Å². The molecular formula is C25H30O4Si. The van der Waals surface area contributed by atoms with Crippen LogP contribution in [0.4, 0.5) is 0 Å². The van der Waals surface area contributed by atoms with E-state index in [4.69, 9.17) is 14.6 Å². The molecule has 1 aliphatic rings. The molecule has 0 aliphatic carbocycles. The Morgan fingerprint density at radius 2 is 1.30 bits per heavy atom. The van der Waals surface area contributed by atoms with Gasteiger partial charge in [-0.1, -0.05) is 67.1 Å². The number of para-hydroxylation sites is 3. The summed E-state index contributed by atoms with van der Waals surface area (Å²) in [5, 5.41) is 26.5. The molecule has 4 nitrogen and oxygen atoms in total. The average Bonchev–Trinajstić information content (AvgIpc) is 2.79. The van der Waals surface area contributed by atoms with Crippen LogP contribution in [-0.4, -0.2) is 31.7 Å². The molecule has 4 rings (SSSR count). The van der Waals surface area contributed by atoms with Crippen LogP contribution >= 0.6 is 0 Å². The molecule has 0 bridgehead atoms. The van der Waals surface area contributed by atoms with Crippen molar-refractivity contribution in [3.63, 3.8) is 0 Å². The molecule has 0 unspecified atom stereocenters. The number of phenols is 3. The van der Waals surface area contributed by atoms with Gasteiger partial charge < -0.3 is 19.7 Å². The Kier molecular flexibility index (Phi) is 14.1. The van der Waals surface area contributed by atoms with Gasteiger partial charge in [0.05, 0.1) is 0 Å². The fourth-order valence-electron chi connectivity index (χ4n) is 2.21. The summed E-state index contributed by atoms with van der Waals surface area (Å²) in [5.41, 5.74) is 0.928. The summed E-state index contributed by atoms with van der Waals surface area (Å²) in [6.45, 7) is 4.60. The number of hydrogen-bond acceptors (Lipinski definition) is 4. The third-order valence-corrected chi connectivity index (χ3v) is 4.71. The van der Waals surface area contributed by atoms with Crippen LogP contribution in [0.25, 0.3) is 0 Å². The molecule has 0 amide bonds. The van der Waals surface area contributed by atoms with Crippen molar-refractivity contribution < 1.29 is 19.7 Å². The van der Waals surface area contributed by atoms with E-state index < -0.39 is 0 Å². The van der Waals surface area contributed by atoms with Crippen LogP contribution in [0.2, 0.25) is 6.04 Å². The number of benzene rings is 3. The largest absolute Gasteiger partial charge is 0.508 e. The molecule has 0 saturated carbocycles. The first-order chi connectivity index (χ1) is 14.6. The van der Waals surface area contributed by atoms with E-state index in [1.807, 2.05) is 30.3 Å². The maximum atomic E-state index is 9.19. The quantitative estimate of drug-likeness (QED) is 0.364. The van der Waals surface area contributed by atoms with Gasteiger partial charge in [0.2, 0.25) is 9.76 Å². The Morgan fingerprint density at radius 3 is 1.60 bits per heavy atom. The first-order valence-corrected chi connectivity index (χ1v) is 11.0. The molecule has 158 valence electrons. The smallest absolute Gasteiger partial charge is 0.229 e. The van der Waals surface area contributed by atoms with Crippen molar-refractivity contribution in [1.82, 2.24) is 0 Å². The fourth-order valence-corrected chi connectivity index (χ4v) is 3.04. The number of hydrogen-bond donors (Lipinski definition) is 3. The summed E-state index contributed by atoms with van der Waals surface area (Å²) < 4.78 is 5.10. The molecule has 0 spiro atoms. The molecular weight excluding hydrogens is 392 g/mol. The van der Waals surface area contributed by atoms with Gasteiger partial charge in [0.1, 0.15) is 17.2 Å². The molecule has 3 aromatic rings. The summed E-state index contributed by atoms with van der Waals surface area (Å²) in [4.78, 5) is 0. The number of aromatic hydroxyl groups is 3.